The summed E-state index contributed by atoms with van der Waals surface area (Å²) in [6.45, 7) is 0. The van der Waals surface area contributed by atoms with Crippen LogP contribution in [0.25, 0.3) is 0 Å². The van der Waals surface area contributed by atoms with Crippen LogP contribution in [0.4, 0.5) is 5.69 Å². The van der Waals surface area contributed by atoms with Gasteiger partial charge < -0.3 is 19.5 Å². The molecule has 1 fully saturated rings. The molecule has 0 unspecified atom stereocenters. The first kappa shape index (κ1) is 12.0. The van der Waals surface area contributed by atoms with Crippen molar-refractivity contribution < 1.29 is 14.2 Å². The zero-order chi connectivity index (χ0) is 12.3. The lowest BCUT2D eigenvalue weighted by Gasteiger charge is -2.35. The number of anilines is 1. The Morgan fingerprint density at radius 1 is 1.12 bits per heavy atom. The van der Waals surface area contributed by atoms with Crippen LogP contribution in [0.2, 0.25) is 0 Å². The molecule has 1 aliphatic rings. The molecule has 4 nitrogen and oxygen atoms in total. The first-order valence-corrected chi connectivity index (χ1v) is 5.78. The Kier molecular flexibility index (Phi) is 3.74. The fraction of sp³-hybridized carbons (Fsp3) is 0.538. The minimum atomic E-state index is 0.393. The molecule has 0 aromatic heterocycles. The van der Waals surface area contributed by atoms with Gasteiger partial charge in [-0.25, -0.2) is 0 Å². The minimum absolute atomic E-state index is 0.393. The smallest absolute Gasteiger partial charge is 0.142 e. The standard InChI is InChI=1S/C13H19NO3/c1-15-10-4-5-13(17-3)12(8-10)14-9-6-11(7-9)16-2/h4-5,8-9,11,14H,6-7H2,1-3H3. The highest BCUT2D eigenvalue weighted by molar-refractivity contribution is 5.60. The van der Waals surface area contributed by atoms with E-state index in [9.17, 15) is 0 Å². The quantitative estimate of drug-likeness (QED) is 0.853. The van der Waals surface area contributed by atoms with Crippen LogP contribution in [-0.4, -0.2) is 33.5 Å². The lowest BCUT2D eigenvalue weighted by molar-refractivity contribution is 0.0328. The summed E-state index contributed by atoms with van der Waals surface area (Å²) in [4.78, 5) is 0. The van der Waals surface area contributed by atoms with E-state index in [2.05, 4.69) is 5.32 Å². The van der Waals surface area contributed by atoms with Crippen molar-refractivity contribution in [3.8, 4) is 11.5 Å². The zero-order valence-corrected chi connectivity index (χ0v) is 10.5. The van der Waals surface area contributed by atoms with Gasteiger partial charge in [-0.05, 0) is 25.0 Å². The molecular formula is C13H19NO3. The summed E-state index contributed by atoms with van der Waals surface area (Å²) in [6, 6.07) is 6.22. The summed E-state index contributed by atoms with van der Waals surface area (Å²) in [7, 11) is 5.09. The van der Waals surface area contributed by atoms with Crippen molar-refractivity contribution >= 4 is 5.69 Å². The van der Waals surface area contributed by atoms with Crippen molar-refractivity contribution in [3.05, 3.63) is 18.2 Å². The average Bonchev–Trinajstić information content (AvgIpc) is 2.32. The molecule has 0 saturated heterocycles. The molecular weight excluding hydrogens is 218 g/mol. The van der Waals surface area contributed by atoms with Gasteiger partial charge in [0.2, 0.25) is 0 Å². The van der Waals surface area contributed by atoms with Crippen molar-refractivity contribution in [2.75, 3.05) is 26.6 Å². The normalized spacial score (nSPS) is 22.8. The van der Waals surface area contributed by atoms with Gasteiger partial charge in [0.25, 0.3) is 0 Å². The Balaban J connectivity index is 2.03. The number of hydrogen-bond acceptors (Lipinski definition) is 4. The number of nitrogens with one attached hydrogen (secondary N) is 1. The Hall–Kier alpha value is -1.42. The number of ether oxygens (including phenoxy) is 3. The van der Waals surface area contributed by atoms with Crippen LogP contribution < -0.4 is 14.8 Å². The van der Waals surface area contributed by atoms with Crippen LogP contribution >= 0.6 is 0 Å². The Labute approximate surface area is 102 Å². The number of hydrogen-bond donors (Lipinski definition) is 1. The van der Waals surface area contributed by atoms with Crippen molar-refractivity contribution in [1.82, 2.24) is 0 Å². The molecule has 4 heteroatoms. The highest BCUT2D eigenvalue weighted by Crippen LogP contribution is 2.33. The molecule has 0 atom stereocenters. The summed E-state index contributed by atoms with van der Waals surface area (Å²) in [5.74, 6) is 1.67. The lowest BCUT2D eigenvalue weighted by atomic mass is 9.89. The van der Waals surface area contributed by atoms with Crippen LogP contribution in [0.1, 0.15) is 12.8 Å². The molecule has 1 N–H and O–H groups in total. The summed E-state index contributed by atoms with van der Waals surface area (Å²) in [6.07, 6.45) is 2.47. The SMILES string of the molecule is COc1ccc(OC)c(NC2CC(OC)C2)c1. The van der Waals surface area contributed by atoms with Crippen LogP contribution in [0.5, 0.6) is 11.5 Å². The van der Waals surface area contributed by atoms with Gasteiger partial charge in [-0.3, -0.25) is 0 Å². The molecule has 0 spiro atoms. The maximum atomic E-state index is 5.32. The highest BCUT2D eigenvalue weighted by atomic mass is 16.5. The van der Waals surface area contributed by atoms with E-state index in [4.69, 9.17) is 14.2 Å². The second kappa shape index (κ2) is 5.27. The third-order valence-electron chi connectivity index (χ3n) is 3.19. The third kappa shape index (κ3) is 2.64. The van der Waals surface area contributed by atoms with Crippen molar-refractivity contribution in [2.45, 2.75) is 25.0 Å². The summed E-state index contributed by atoms with van der Waals surface area (Å²) < 4.78 is 15.8. The number of benzene rings is 1. The molecule has 1 aliphatic carbocycles. The van der Waals surface area contributed by atoms with Gasteiger partial charge in [0.15, 0.2) is 0 Å². The fourth-order valence-electron chi connectivity index (χ4n) is 2.02. The van der Waals surface area contributed by atoms with E-state index in [1.165, 1.54) is 0 Å². The zero-order valence-electron chi connectivity index (χ0n) is 10.5. The molecule has 0 radical (unpaired) electrons. The van der Waals surface area contributed by atoms with Gasteiger partial charge >= 0.3 is 0 Å². The monoisotopic (exact) mass is 237 g/mol. The number of methoxy groups -OCH3 is 3. The summed E-state index contributed by atoms with van der Waals surface area (Å²) in [5, 5.41) is 3.45. The van der Waals surface area contributed by atoms with E-state index >= 15 is 0 Å². The molecule has 17 heavy (non-hydrogen) atoms. The topological polar surface area (TPSA) is 39.7 Å². The molecule has 2 rings (SSSR count). The Morgan fingerprint density at radius 2 is 1.88 bits per heavy atom. The first-order valence-electron chi connectivity index (χ1n) is 5.78. The van der Waals surface area contributed by atoms with Gasteiger partial charge in [0.1, 0.15) is 11.5 Å². The third-order valence-corrected chi connectivity index (χ3v) is 3.19. The van der Waals surface area contributed by atoms with Gasteiger partial charge in [-0.1, -0.05) is 0 Å². The maximum Gasteiger partial charge on any atom is 0.142 e. The van der Waals surface area contributed by atoms with Crippen molar-refractivity contribution in [3.63, 3.8) is 0 Å². The number of rotatable bonds is 5. The fourth-order valence-corrected chi connectivity index (χ4v) is 2.02. The molecule has 1 saturated carbocycles. The van der Waals surface area contributed by atoms with Crippen LogP contribution in [0, 0.1) is 0 Å². The van der Waals surface area contributed by atoms with E-state index in [0.29, 0.717) is 12.1 Å². The Bertz CT molecular complexity index is 375. The lowest BCUT2D eigenvalue weighted by Crippen LogP contribution is -2.40. The minimum Gasteiger partial charge on any atom is -0.497 e. The predicted molar refractivity (Wildman–Crippen MR) is 67.0 cm³/mol. The molecule has 1 aromatic rings. The molecule has 1 aromatic carbocycles. The van der Waals surface area contributed by atoms with Crippen molar-refractivity contribution in [2.24, 2.45) is 0 Å². The van der Waals surface area contributed by atoms with Crippen LogP contribution in [-0.2, 0) is 4.74 Å². The van der Waals surface area contributed by atoms with E-state index in [-0.39, 0.29) is 0 Å². The van der Waals surface area contributed by atoms with Gasteiger partial charge in [-0.2, -0.15) is 0 Å². The van der Waals surface area contributed by atoms with Crippen LogP contribution in [0.15, 0.2) is 18.2 Å². The molecule has 0 aliphatic heterocycles. The van der Waals surface area contributed by atoms with Crippen LogP contribution in [0.3, 0.4) is 0 Å². The molecule has 0 bridgehead atoms. The summed E-state index contributed by atoms with van der Waals surface area (Å²) in [5.41, 5.74) is 0.978. The van der Waals surface area contributed by atoms with E-state index in [1.807, 2.05) is 18.2 Å². The molecule has 0 amide bonds. The largest absolute Gasteiger partial charge is 0.497 e. The predicted octanol–water partition coefficient (Wildman–Crippen LogP) is 2.29. The summed E-state index contributed by atoms with van der Waals surface area (Å²) >= 11 is 0. The van der Waals surface area contributed by atoms with Crippen molar-refractivity contribution in [1.29, 1.82) is 0 Å². The van der Waals surface area contributed by atoms with E-state index < -0.39 is 0 Å². The van der Waals surface area contributed by atoms with E-state index in [0.717, 1.165) is 30.0 Å². The maximum absolute atomic E-state index is 5.32. The molecule has 0 heterocycles. The second-order valence-electron chi connectivity index (χ2n) is 4.24. The van der Waals surface area contributed by atoms with E-state index in [1.54, 1.807) is 21.3 Å². The van der Waals surface area contributed by atoms with Gasteiger partial charge in [0.05, 0.1) is 26.0 Å². The Morgan fingerprint density at radius 3 is 2.47 bits per heavy atom. The van der Waals surface area contributed by atoms with Gasteiger partial charge in [-0.15, -0.1) is 0 Å². The molecule has 94 valence electrons. The first-order chi connectivity index (χ1) is 8.26. The highest BCUT2D eigenvalue weighted by Gasteiger charge is 2.29. The van der Waals surface area contributed by atoms with Gasteiger partial charge in [0, 0.05) is 19.2 Å². The average molecular weight is 237 g/mol. The second-order valence-corrected chi connectivity index (χ2v) is 4.24.